The third-order valence-electron chi connectivity index (χ3n) is 2.91. The Morgan fingerprint density at radius 2 is 2.39 bits per heavy atom. The van der Waals surface area contributed by atoms with Crippen LogP contribution < -0.4 is 5.32 Å². The van der Waals surface area contributed by atoms with Crippen LogP contribution >= 0.6 is 0 Å². The van der Waals surface area contributed by atoms with E-state index in [1.165, 1.54) is 12.4 Å². The molecule has 18 heavy (non-hydrogen) atoms. The lowest BCUT2D eigenvalue weighted by atomic mass is 9.92. The molecule has 0 radical (unpaired) electrons. The number of allylic oxidation sites excluding steroid dienone is 1. The Hall–Kier alpha value is -1.92. The zero-order valence-corrected chi connectivity index (χ0v) is 9.51. The van der Waals surface area contributed by atoms with E-state index >= 15 is 0 Å². The number of hydrogen-bond acceptors (Lipinski definition) is 2. The molecule has 0 fully saturated rings. The van der Waals surface area contributed by atoms with Crippen molar-refractivity contribution in [3.63, 3.8) is 0 Å². The maximum atomic E-state index is 12.4. The number of nitrogens with one attached hydrogen (secondary N) is 1. The normalized spacial score (nSPS) is 19.7. The lowest BCUT2D eigenvalue weighted by Crippen LogP contribution is -2.34. The average molecular weight is 257 g/mol. The summed E-state index contributed by atoms with van der Waals surface area (Å²) >= 11 is 0. The fourth-order valence-electron chi connectivity index (χ4n) is 2.01. The summed E-state index contributed by atoms with van der Waals surface area (Å²) in [6, 6.07) is -0.101. The van der Waals surface area contributed by atoms with Crippen LogP contribution in [0.4, 0.5) is 13.6 Å². The number of carboxylic acid groups (broad SMARTS) is 1. The summed E-state index contributed by atoms with van der Waals surface area (Å²) in [4.78, 5) is 10.5. The molecule has 2 N–H and O–H groups in total. The van der Waals surface area contributed by atoms with Gasteiger partial charge in [0.15, 0.2) is 0 Å². The maximum Gasteiger partial charge on any atom is 0.404 e. The van der Waals surface area contributed by atoms with Crippen LogP contribution in [0.1, 0.15) is 31.4 Å². The number of carbonyl (C=O) groups is 1. The van der Waals surface area contributed by atoms with Crippen LogP contribution in [0.3, 0.4) is 0 Å². The van der Waals surface area contributed by atoms with Gasteiger partial charge in [-0.1, -0.05) is 6.08 Å². The van der Waals surface area contributed by atoms with Gasteiger partial charge in [0.2, 0.25) is 0 Å². The van der Waals surface area contributed by atoms with Crippen molar-refractivity contribution >= 4 is 11.7 Å². The summed E-state index contributed by atoms with van der Waals surface area (Å²) in [7, 11) is 0. The summed E-state index contributed by atoms with van der Waals surface area (Å²) < 4.78 is 25.3. The molecule has 1 amide bonds. The van der Waals surface area contributed by atoms with Crippen molar-refractivity contribution in [1.29, 1.82) is 0 Å². The fourth-order valence-corrected chi connectivity index (χ4v) is 2.01. The minimum Gasteiger partial charge on any atom is -0.465 e. The van der Waals surface area contributed by atoms with Crippen LogP contribution in [-0.4, -0.2) is 27.0 Å². The van der Waals surface area contributed by atoms with Crippen molar-refractivity contribution < 1.29 is 18.7 Å². The van der Waals surface area contributed by atoms with Gasteiger partial charge in [0.1, 0.15) is 0 Å². The van der Waals surface area contributed by atoms with Gasteiger partial charge < -0.3 is 10.4 Å². The van der Waals surface area contributed by atoms with E-state index in [-0.39, 0.29) is 6.04 Å². The molecular formula is C11H13F2N3O2. The first-order valence-electron chi connectivity index (χ1n) is 5.57. The molecule has 1 heterocycles. The Morgan fingerprint density at radius 3 is 2.89 bits per heavy atom. The number of rotatable bonds is 3. The molecule has 2 rings (SSSR count). The molecule has 1 atom stereocenters. The van der Waals surface area contributed by atoms with Crippen LogP contribution in [0.2, 0.25) is 0 Å². The minimum absolute atomic E-state index is 0.101. The summed E-state index contributed by atoms with van der Waals surface area (Å²) in [5.41, 5.74) is 1.61. The highest BCUT2D eigenvalue weighted by atomic mass is 19.3. The van der Waals surface area contributed by atoms with Crippen LogP contribution in [0.25, 0.3) is 5.57 Å². The molecule has 0 aliphatic heterocycles. The van der Waals surface area contributed by atoms with Gasteiger partial charge in [-0.3, -0.25) is 0 Å². The monoisotopic (exact) mass is 257 g/mol. The Morgan fingerprint density at radius 1 is 1.61 bits per heavy atom. The zero-order chi connectivity index (χ0) is 13.1. The van der Waals surface area contributed by atoms with Gasteiger partial charge >= 0.3 is 12.6 Å². The van der Waals surface area contributed by atoms with Gasteiger partial charge in [0.05, 0.1) is 6.20 Å². The van der Waals surface area contributed by atoms with E-state index in [1.807, 2.05) is 6.08 Å². The molecule has 0 spiro atoms. The maximum absolute atomic E-state index is 12.4. The minimum atomic E-state index is -2.63. The van der Waals surface area contributed by atoms with E-state index < -0.39 is 12.6 Å². The molecule has 1 aromatic heterocycles. The average Bonchev–Trinajstić information content (AvgIpc) is 2.78. The van der Waals surface area contributed by atoms with Gasteiger partial charge in [-0.25, -0.2) is 9.48 Å². The first kappa shape index (κ1) is 12.5. The Labute approximate surface area is 102 Å². The van der Waals surface area contributed by atoms with E-state index in [4.69, 9.17) is 5.11 Å². The molecule has 1 unspecified atom stereocenters. The Balaban J connectivity index is 2.02. The molecule has 0 bridgehead atoms. The van der Waals surface area contributed by atoms with Crippen molar-refractivity contribution in [3.05, 3.63) is 24.0 Å². The lowest BCUT2D eigenvalue weighted by molar-refractivity contribution is 0.0566. The topological polar surface area (TPSA) is 67.2 Å². The van der Waals surface area contributed by atoms with Crippen LogP contribution in [0.15, 0.2) is 18.5 Å². The highest BCUT2D eigenvalue weighted by molar-refractivity contribution is 5.67. The van der Waals surface area contributed by atoms with Crippen molar-refractivity contribution in [2.75, 3.05) is 0 Å². The number of aromatic nitrogens is 2. The van der Waals surface area contributed by atoms with Crippen molar-refractivity contribution in [2.24, 2.45) is 0 Å². The largest absolute Gasteiger partial charge is 0.465 e. The first-order chi connectivity index (χ1) is 8.56. The van der Waals surface area contributed by atoms with E-state index in [9.17, 15) is 13.6 Å². The van der Waals surface area contributed by atoms with Crippen molar-refractivity contribution in [2.45, 2.75) is 31.9 Å². The van der Waals surface area contributed by atoms with Crippen LogP contribution in [0, 0.1) is 0 Å². The third-order valence-corrected chi connectivity index (χ3v) is 2.91. The Bertz CT molecular complexity index is 471. The smallest absolute Gasteiger partial charge is 0.404 e. The lowest BCUT2D eigenvalue weighted by Gasteiger charge is -2.21. The quantitative estimate of drug-likeness (QED) is 0.874. The molecule has 5 nitrogen and oxygen atoms in total. The van der Waals surface area contributed by atoms with Crippen LogP contribution in [-0.2, 0) is 0 Å². The van der Waals surface area contributed by atoms with E-state index in [1.54, 1.807) is 0 Å². The van der Waals surface area contributed by atoms with Gasteiger partial charge in [-0.05, 0) is 24.8 Å². The number of halogens is 2. The molecule has 1 aliphatic carbocycles. The Kier molecular flexibility index (Phi) is 3.59. The van der Waals surface area contributed by atoms with Gasteiger partial charge in [0, 0.05) is 17.8 Å². The van der Waals surface area contributed by atoms with Crippen molar-refractivity contribution in [1.82, 2.24) is 15.1 Å². The molecule has 98 valence electrons. The predicted molar refractivity (Wildman–Crippen MR) is 60.3 cm³/mol. The third kappa shape index (κ3) is 2.85. The summed E-state index contributed by atoms with van der Waals surface area (Å²) in [6.07, 6.45) is 5.43. The highest BCUT2D eigenvalue weighted by Crippen LogP contribution is 2.27. The van der Waals surface area contributed by atoms with Gasteiger partial charge in [-0.15, -0.1) is 0 Å². The number of amides is 1. The molecule has 0 aromatic carbocycles. The summed E-state index contributed by atoms with van der Waals surface area (Å²) in [5, 5.41) is 14.6. The van der Waals surface area contributed by atoms with Gasteiger partial charge in [-0.2, -0.15) is 13.9 Å². The molecule has 1 aromatic rings. The first-order valence-corrected chi connectivity index (χ1v) is 5.57. The molecule has 7 heteroatoms. The van der Waals surface area contributed by atoms with Crippen LogP contribution in [0.5, 0.6) is 0 Å². The SMILES string of the molecule is O=C(O)NC1CC=C(c2cnn(C(F)F)c2)CC1. The van der Waals surface area contributed by atoms with E-state index in [0.717, 1.165) is 5.57 Å². The number of nitrogens with zero attached hydrogens (tertiary/aromatic N) is 2. The standard InChI is InChI=1S/C11H13F2N3O2/c12-10(13)16-6-8(5-14-16)7-1-3-9(4-2-7)15-11(17)18/h1,5-6,9-10,15H,2-4H2,(H,17,18). The summed E-state index contributed by atoms with van der Waals surface area (Å²) in [5.74, 6) is 0. The molecule has 1 aliphatic rings. The molecule has 0 saturated heterocycles. The van der Waals surface area contributed by atoms with Crippen molar-refractivity contribution in [3.8, 4) is 0 Å². The highest BCUT2D eigenvalue weighted by Gasteiger charge is 2.18. The second kappa shape index (κ2) is 5.16. The number of alkyl halides is 2. The van der Waals surface area contributed by atoms with E-state index in [0.29, 0.717) is 29.5 Å². The molecular weight excluding hydrogens is 244 g/mol. The van der Waals surface area contributed by atoms with E-state index in [2.05, 4.69) is 10.4 Å². The second-order valence-electron chi connectivity index (χ2n) is 4.14. The fraction of sp³-hybridized carbons (Fsp3) is 0.455. The van der Waals surface area contributed by atoms with Gasteiger partial charge in [0.25, 0.3) is 0 Å². The predicted octanol–water partition coefficient (Wildman–Crippen LogP) is 2.48. The number of hydrogen-bond donors (Lipinski definition) is 2. The molecule has 0 saturated carbocycles. The summed E-state index contributed by atoms with van der Waals surface area (Å²) in [6.45, 7) is -2.63. The second-order valence-corrected chi connectivity index (χ2v) is 4.14. The zero-order valence-electron chi connectivity index (χ0n) is 9.51.